The Hall–Kier alpha value is -2.40. The van der Waals surface area contributed by atoms with Gasteiger partial charge in [0.15, 0.2) is 11.7 Å². The average molecular weight is 312 g/mol. The molecule has 5 heteroatoms. The number of aryl methyl sites for hydroxylation is 1. The zero-order valence-corrected chi connectivity index (χ0v) is 13.3. The maximum atomic E-state index is 12.2. The van der Waals surface area contributed by atoms with Crippen molar-refractivity contribution in [3.63, 3.8) is 0 Å². The van der Waals surface area contributed by atoms with Crippen molar-refractivity contribution in [1.82, 2.24) is 4.98 Å². The van der Waals surface area contributed by atoms with Crippen LogP contribution in [0.2, 0.25) is 0 Å². The molecule has 1 aromatic heterocycles. The van der Waals surface area contributed by atoms with Gasteiger partial charge in [0.2, 0.25) is 0 Å². The van der Waals surface area contributed by atoms with Crippen LogP contribution in [-0.4, -0.2) is 24.5 Å². The third kappa shape index (κ3) is 3.09. The molecule has 3 aromatic rings. The Morgan fingerprint density at radius 2 is 1.91 bits per heavy atom. The molecule has 0 unspecified atom stereocenters. The van der Waals surface area contributed by atoms with E-state index >= 15 is 0 Å². The summed E-state index contributed by atoms with van der Waals surface area (Å²) in [6.45, 7) is 2.01. The molecule has 0 aliphatic carbocycles. The van der Waals surface area contributed by atoms with Gasteiger partial charge in [-0.05, 0) is 31.2 Å². The van der Waals surface area contributed by atoms with Crippen molar-refractivity contribution in [1.29, 1.82) is 0 Å². The number of rotatable bonds is 4. The fourth-order valence-electron chi connectivity index (χ4n) is 1.99. The van der Waals surface area contributed by atoms with E-state index in [0.29, 0.717) is 10.9 Å². The van der Waals surface area contributed by atoms with Crippen LogP contribution in [0.1, 0.15) is 5.56 Å². The van der Waals surface area contributed by atoms with Gasteiger partial charge in [-0.1, -0.05) is 41.2 Å². The highest BCUT2D eigenvalue weighted by atomic mass is 32.1. The zero-order valence-electron chi connectivity index (χ0n) is 12.4. The van der Waals surface area contributed by atoms with Gasteiger partial charge in [0.25, 0.3) is 5.91 Å². The molecular formula is C17H16N2O2S. The van der Waals surface area contributed by atoms with Gasteiger partial charge in [0.1, 0.15) is 5.75 Å². The van der Waals surface area contributed by atoms with Crippen LogP contribution in [0.15, 0.2) is 48.5 Å². The lowest BCUT2D eigenvalue weighted by atomic mass is 10.2. The van der Waals surface area contributed by atoms with E-state index < -0.39 is 0 Å². The largest absolute Gasteiger partial charge is 0.484 e. The first-order chi connectivity index (χ1) is 10.6. The number of hydrogen-bond acceptors (Lipinski definition) is 4. The molecule has 0 aliphatic heterocycles. The molecule has 0 fully saturated rings. The molecule has 2 aromatic carbocycles. The fourth-order valence-corrected chi connectivity index (χ4v) is 2.93. The molecule has 112 valence electrons. The maximum Gasteiger partial charge on any atom is 0.266 e. The van der Waals surface area contributed by atoms with Gasteiger partial charge in [-0.25, -0.2) is 4.98 Å². The molecule has 0 bridgehead atoms. The topological polar surface area (TPSA) is 42.4 Å². The van der Waals surface area contributed by atoms with Crippen molar-refractivity contribution in [2.24, 2.45) is 0 Å². The summed E-state index contributed by atoms with van der Waals surface area (Å²) >= 11 is 1.50. The van der Waals surface area contributed by atoms with E-state index in [1.807, 2.05) is 55.5 Å². The summed E-state index contributed by atoms with van der Waals surface area (Å²) in [5.74, 6) is 0.566. The Morgan fingerprint density at radius 3 is 2.64 bits per heavy atom. The molecule has 3 rings (SSSR count). The molecule has 1 amide bonds. The van der Waals surface area contributed by atoms with Crippen molar-refractivity contribution < 1.29 is 9.53 Å². The minimum absolute atomic E-state index is 0.00448. The molecular weight excluding hydrogens is 296 g/mol. The number of aromatic nitrogens is 1. The van der Waals surface area contributed by atoms with Crippen LogP contribution in [0, 0.1) is 6.92 Å². The first-order valence-electron chi connectivity index (χ1n) is 6.95. The standard InChI is InChI=1S/C17H16N2O2S/c1-12-7-9-13(10-8-12)21-11-16(20)19(2)17-18-14-5-3-4-6-15(14)22-17/h3-10H,11H2,1-2H3. The van der Waals surface area contributed by atoms with Crippen LogP contribution in [0.3, 0.4) is 0 Å². The number of hydrogen-bond donors (Lipinski definition) is 0. The Labute approximate surface area is 133 Å². The van der Waals surface area contributed by atoms with Crippen LogP contribution >= 0.6 is 11.3 Å². The Kier molecular flexibility index (Phi) is 4.06. The summed E-state index contributed by atoms with van der Waals surface area (Å²) in [5.41, 5.74) is 2.06. The van der Waals surface area contributed by atoms with Crippen molar-refractivity contribution >= 4 is 32.6 Å². The molecule has 0 saturated heterocycles. The number of nitrogens with zero attached hydrogens (tertiary/aromatic N) is 2. The number of carbonyl (C=O) groups is 1. The normalized spacial score (nSPS) is 10.6. The number of carbonyl (C=O) groups excluding carboxylic acids is 1. The first kappa shape index (κ1) is 14.5. The predicted molar refractivity (Wildman–Crippen MR) is 89.7 cm³/mol. The van der Waals surface area contributed by atoms with Gasteiger partial charge in [-0.3, -0.25) is 9.69 Å². The first-order valence-corrected chi connectivity index (χ1v) is 7.77. The van der Waals surface area contributed by atoms with Crippen LogP contribution in [-0.2, 0) is 4.79 Å². The summed E-state index contributed by atoms with van der Waals surface area (Å²) in [7, 11) is 1.72. The zero-order chi connectivity index (χ0) is 15.5. The molecule has 0 atom stereocenters. The maximum absolute atomic E-state index is 12.2. The highest BCUT2D eigenvalue weighted by Crippen LogP contribution is 2.27. The number of ether oxygens (including phenoxy) is 1. The minimum atomic E-state index is -0.125. The lowest BCUT2D eigenvalue weighted by Crippen LogP contribution is -2.31. The summed E-state index contributed by atoms with van der Waals surface area (Å²) in [6, 6.07) is 15.5. The number of para-hydroxylation sites is 1. The summed E-state index contributed by atoms with van der Waals surface area (Å²) in [5, 5.41) is 0.679. The molecule has 0 radical (unpaired) electrons. The van der Waals surface area contributed by atoms with E-state index in [9.17, 15) is 4.79 Å². The van der Waals surface area contributed by atoms with E-state index in [0.717, 1.165) is 15.8 Å². The molecule has 0 saturated carbocycles. The van der Waals surface area contributed by atoms with Crippen LogP contribution < -0.4 is 9.64 Å². The molecule has 0 spiro atoms. The number of fused-ring (bicyclic) bond motifs is 1. The molecule has 4 nitrogen and oxygen atoms in total. The van der Waals surface area contributed by atoms with Gasteiger partial charge >= 0.3 is 0 Å². The lowest BCUT2D eigenvalue weighted by Gasteiger charge is -2.14. The highest BCUT2D eigenvalue weighted by molar-refractivity contribution is 7.22. The Balaban J connectivity index is 1.67. The Bertz CT molecular complexity index is 763. The van der Waals surface area contributed by atoms with Crippen LogP contribution in [0.25, 0.3) is 10.2 Å². The van der Waals surface area contributed by atoms with Gasteiger partial charge < -0.3 is 4.74 Å². The average Bonchev–Trinajstić information content (AvgIpc) is 2.97. The van der Waals surface area contributed by atoms with Crippen molar-refractivity contribution in [2.45, 2.75) is 6.92 Å². The smallest absolute Gasteiger partial charge is 0.266 e. The number of benzene rings is 2. The SMILES string of the molecule is Cc1ccc(OCC(=O)N(C)c2nc3ccccc3s2)cc1. The summed E-state index contributed by atoms with van der Waals surface area (Å²) in [6.07, 6.45) is 0. The summed E-state index contributed by atoms with van der Waals surface area (Å²) in [4.78, 5) is 18.2. The third-order valence-corrected chi connectivity index (χ3v) is 4.44. The highest BCUT2D eigenvalue weighted by Gasteiger charge is 2.15. The monoisotopic (exact) mass is 312 g/mol. The second kappa shape index (κ2) is 6.15. The van der Waals surface area contributed by atoms with E-state index in [4.69, 9.17) is 4.74 Å². The van der Waals surface area contributed by atoms with E-state index in [1.165, 1.54) is 11.3 Å². The number of likely N-dealkylation sites (N-methyl/N-ethyl adjacent to an activating group) is 1. The van der Waals surface area contributed by atoms with Crippen LogP contribution in [0.4, 0.5) is 5.13 Å². The van der Waals surface area contributed by atoms with Gasteiger partial charge in [-0.15, -0.1) is 0 Å². The predicted octanol–water partition coefficient (Wildman–Crippen LogP) is 3.65. The van der Waals surface area contributed by atoms with Crippen LogP contribution in [0.5, 0.6) is 5.75 Å². The molecule has 22 heavy (non-hydrogen) atoms. The van der Waals surface area contributed by atoms with Gasteiger partial charge in [-0.2, -0.15) is 0 Å². The van der Waals surface area contributed by atoms with E-state index in [2.05, 4.69) is 4.98 Å². The fraction of sp³-hybridized carbons (Fsp3) is 0.176. The number of amides is 1. The molecule has 0 aliphatic rings. The minimum Gasteiger partial charge on any atom is -0.484 e. The second-order valence-corrected chi connectivity index (χ2v) is 6.03. The number of thiazole rings is 1. The Morgan fingerprint density at radius 1 is 1.18 bits per heavy atom. The van der Waals surface area contributed by atoms with Crippen molar-refractivity contribution in [2.75, 3.05) is 18.6 Å². The summed E-state index contributed by atoms with van der Waals surface area (Å²) < 4.78 is 6.59. The van der Waals surface area contributed by atoms with E-state index in [-0.39, 0.29) is 12.5 Å². The molecule has 1 heterocycles. The van der Waals surface area contributed by atoms with Crippen molar-refractivity contribution in [3.8, 4) is 5.75 Å². The van der Waals surface area contributed by atoms with Gasteiger partial charge in [0.05, 0.1) is 10.2 Å². The number of anilines is 1. The quantitative estimate of drug-likeness (QED) is 0.738. The lowest BCUT2D eigenvalue weighted by molar-refractivity contribution is -0.120. The second-order valence-electron chi connectivity index (χ2n) is 5.02. The van der Waals surface area contributed by atoms with E-state index in [1.54, 1.807) is 11.9 Å². The molecule has 0 N–H and O–H groups in total. The van der Waals surface area contributed by atoms with Gasteiger partial charge in [0, 0.05) is 7.05 Å². The third-order valence-electron chi connectivity index (χ3n) is 3.33. The van der Waals surface area contributed by atoms with Crippen molar-refractivity contribution in [3.05, 3.63) is 54.1 Å².